The number of fused-ring (bicyclic) bond motifs is 2. The quantitative estimate of drug-likeness (QED) is 0.591. The molecule has 2 saturated carbocycles. The average molecular weight is 474 g/mol. The van der Waals surface area contributed by atoms with Gasteiger partial charge in [-0.15, -0.1) is 0 Å². The van der Waals surface area contributed by atoms with Gasteiger partial charge in [0.1, 0.15) is 11.6 Å². The topological polar surface area (TPSA) is 119 Å². The second-order valence-corrected chi connectivity index (χ2v) is 8.43. The van der Waals surface area contributed by atoms with E-state index in [0.29, 0.717) is 0 Å². The largest absolute Gasteiger partial charge is 0.496 e. The molecule has 7 nitrogen and oxygen atoms in total. The molecule has 2 amide bonds. The number of hydrogen-bond acceptors (Lipinski definition) is 4. The van der Waals surface area contributed by atoms with Crippen LogP contribution in [0.2, 0.25) is 0 Å². The maximum atomic E-state index is 14.5. The minimum absolute atomic E-state index is 0.00299. The van der Waals surface area contributed by atoms with Crippen LogP contribution in [-0.4, -0.2) is 36.0 Å². The maximum Gasteiger partial charge on any atom is 0.309 e. The highest BCUT2D eigenvalue weighted by Gasteiger charge is 2.55. The third-order valence-corrected chi connectivity index (χ3v) is 6.65. The van der Waals surface area contributed by atoms with Crippen LogP contribution >= 0.6 is 0 Å². The first-order chi connectivity index (χ1) is 16.1. The van der Waals surface area contributed by atoms with E-state index in [0.717, 1.165) is 6.07 Å². The Bertz CT molecular complexity index is 1230. The van der Waals surface area contributed by atoms with Gasteiger partial charge in [0, 0.05) is 23.1 Å². The molecule has 178 valence electrons. The molecule has 0 heterocycles. The number of carbonyl (C=O) groups excluding carboxylic acids is 2. The van der Waals surface area contributed by atoms with E-state index < -0.39 is 53.5 Å². The van der Waals surface area contributed by atoms with Gasteiger partial charge >= 0.3 is 5.97 Å². The molecule has 0 unspecified atom stereocenters. The number of aliphatic carboxylic acids is 1. The molecule has 2 bridgehead atoms. The lowest BCUT2D eigenvalue weighted by atomic mass is 9.81. The normalized spacial score (nSPS) is 23.0. The lowest BCUT2D eigenvalue weighted by Crippen LogP contribution is -2.47. The Morgan fingerprint density at radius 1 is 1.15 bits per heavy atom. The lowest BCUT2D eigenvalue weighted by Gasteiger charge is -2.30. The minimum Gasteiger partial charge on any atom is -0.496 e. The second-order valence-electron chi connectivity index (χ2n) is 8.43. The van der Waals surface area contributed by atoms with Crippen LogP contribution in [0, 0.1) is 23.6 Å². The van der Waals surface area contributed by atoms with Crippen molar-refractivity contribution in [3.63, 3.8) is 0 Å². The van der Waals surface area contributed by atoms with Crippen LogP contribution in [0.25, 0.3) is 11.1 Å². The van der Waals surface area contributed by atoms with Crippen LogP contribution < -0.4 is 15.8 Å². The SMILES string of the molecule is COc1ccc(-c2cc(C(N)=O)ccc2F)cc1C(=O)N[C@@H]1[C@H]2CC(=C(F)F)[C@H](C2)[C@@H]1C(=O)O. The van der Waals surface area contributed by atoms with E-state index in [1.54, 1.807) is 0 Å². The summed E-state index contributed by atoms with van der Waals surface area (Å²) in [5.74, 6) is -5.64. The predicted molar refractivity (Wildman–Crippen MR) is 115 cm³/mol. The number of rotatable bonds is 6. The van der Waals surface area contributed by atoms with E-state index >= 15 is 0 Å². The highest BCUT2D eigenvalue weighted by atomic mass is 19.3. The number of primary amides is 1. The van der Waals surface area contributed by atoms with Gasteiger partial charge in [-0.1, -0.05) is 6.07 Å². The average Bonchev–Trinajstić information content (AvgIpc) is 3.37. The predicted octanol–water partition coefficient (Wildman–Crippen LogP) is 3.59. The van der Waals surface area contributed by atoms with Crippen molar-refractivity contribution >= 4 is 17.8 Å². The smallest absolute Gasteiger partial charge is 0.309 e. The number of carbonyl (C=O) groups is 3. The number of nitrogens with two attached hydrogens (primary N) is 1. The van der Waals surface area contributed by atoms with E-state index in [9.17, 15) is 32.7 Å². The number of ether oxygens (including phenoxy) is 1. The van der Waals surface area contributed by atoms with Crippen molar-refractivity contribution in [3.8, 4) is 16.9 Å². The van der Waals surface area contributed by atoms with Gasteiger partial charge in [-0.3, -0.25) is 14.4 Å². The molecule has 0 aromatic heterocycles. The molecule has 4 rings (SSSR count). The molecule has 10 heteroatoms. The van der Waals surface area contributed by atoms with Crippen LogP contribution in [0.4, 0.5) is 13.2 Å². The Morgan fingerprint density at radius 3 is 2.50 bits per heavy atom. The highest BCUT2D eigenvalue weighted by Crippen LogP contribution is 2.53. The number of benzene rings is 2. The number of carboxylic acid groups (broad SMARTS) is 1. The van der Waals surface area contributed by atoms with Gasteiger partial charge in [0.25, 0.3) is 12.0 Å². The third-order valence-electron chi connectivity index (χ3n) is 6.65. The number of amides is 2. The molecule has 2 aliphatic rings. The molecule has 2 fully saturated rings. The fourth-order valence-electron chi connectivity index (χ4n) is 5.10. The summed E-state index contributed by atoms with van der Waals surface area (Å²) in [5.41, 5.74) is 5.49. The van der Waals surface area contributed by atoms with Gasteiger partial charge < -0.3 is 20.9 Å². The molecule has 4 N–H and O–H groups in total. The van der Waals surface area contributed by atoms with Crippen molar-refractivity contribution in [2.45, 2.75) is 18.9 Å². The van der Waals surface area contributed by atoms with Crippen molar-refractivity contribution in [1.29, 1.82) is 0 Å². The third kappa shape index (κ3) is 4.00. The number of methoxy groups -OCH3 is 1. The first-order valence-corrected chi connectivity index (χ1v) is 10.5. The summed E-state index contributed by atoms with van der Waals surface area (Å²) in [5, 5.41) is 12.3. The number of hydrogen-bond donors (Lipinski definition) is 3. The summed E-state index contributed by atoms with van der Waals surface area (Å²) >= 11 is 0. The summed E-state index contributed by atoms with van der Waals surface area (Å²) in [6, 6.07) is 7.03. The van der Waals surface area contributed by atoms with Crippen LogP contribution in [0.1, 0.15) is 33.6 Å². The van der Waals surface area contributed by atoms with Crippen LogP contribution in [-0.2, 0) is 4.79 Å². The van der Waals surface area contributed by atoms with E-state index in [4.69, 9.17) is 10.5 Å². The summed E-state index contributed by atoms with van der Waals surface area (Å²) in [6.45, 7) is 0. The molecule has 2 aromatic rings. The first-order valence-electron chi connectivity index (χ1n) is 10.5. The van der Waals surface area contributed by atoms with Crippen LogP contribution in [0.3, 0.4) is 0 Å². The zero-order chi connectivity index (χ0) is 24.7. The fourth-order valence-corrected chi connectivity index (χ4v) is 5.10. The zero-order valence-corrected chi connectivity index (χ0v) is 18.0. The molecule has 0 saturated heterocycles. The van der Waals surface area contributed by atoms with Gasteiger partial charge in [-0.2, -0.15) is 8.78 Å². The molecule has 2 aromatic carbocycles. The minimum atomic E-state index is -1.86. The van der Waals surface area contributed by atoms with Gasteiger partial charge in [-0.05, 0) is 60.2 Å². The molecule has 2 aliphatic carbocycles. The molecular formula is C24H21F3N2O5. The van der Waals surface area contributed by atoms with E-state index in [2.05, 4.69) is 5.32 Å². The molecule has 4 atom stereocenters. The zero-order valence-electron chi connectivity index (χ0n) is 18.0. The van der Waals surface area contributed by atoms with E-state index in [1.165, 1.54) is 37.4 Å². The number of halogens is 3. The monoisotopic (exact) mass is 474 g/mol. The Labute approximate surface area is 192 Å². The number of carboxylic acids is 1. The Morgan fingerprint density at radius 2 is 1.88 bits per heavy atom. The highest BCUT2D eigenvalue weighted by molar-refractivity contribution is 5.99. The fraction of sp³-hybridized carbons (Fsp3) is 0.292. The summed E-state index contributed by atoms with van der Waals surface area (Å²) in [7, 11) is 1.33. The van der Waals surface area contributed by atoms with Crippen LogP contribution in [0.5, 0.6) is 5.75 Å². The van der Waals surface area contributed by atoms with Gasteiger partial charge in [-0.25, -0.2) is 4.39 Å². The molecule has 0 aliphatic heterocycles. The Hall–Kier alpha value is -3.82. The van der Waals surface area contributed by atoms with Crippen molar-refractivity contribution < 1.29 is 37.4 Å². The molecule has 0 spiro atoms. The first kappa shape index (κ1) is 23.3. The summed E-state index contributed by atoms with van der Waals surface area (Å²) in [4.78, 5) is 36.5. The van der Waals surface area contributed by atoms with E-state index in [1.807, 2.05) is 0 Å². The molecule has 0 radical (unpaired) electrons. The lowest BCUT2D eigenvalue weighted by molar-refractivity contribution is -0.143. The van der Waals surface area contributed by atoms with Crippen molar-refractivity contribution in [2.24, 2.45) is 23.5 Å². The van der Waals surface area contributed by atoms with Gasteiger partial charge in [0.15, 0.2) is 0 Å². The van der Waals surface area contributed by atoms with Crippen LogP contribution in [0.15, 0.2) is 48.1 Å². The van der Waals surface area contributed by atoms with Crippen molar-refractivity contribution in [2.75, 3.05) is 7.11 Å². The van der Waals surface area contributed by atoms with Crippen molar-refractivity contribution in [3.05, 3.63) is 65.0 Å². The summed E-state index contributed by atoms with van der Waals surface area (Å²) in [6.07, 6.45) is -1.60. The van der Waals surface area contributed by atoms with Gasteiger partial charge in [0.05, 0.1) is 18.6 Å². The Kier molecular flexibility index (Phi) is 6.07. The Balaban J connectivity index is 1.67. The summed E-state index contributed by atoms with van der Waals surface area (Å²) < 4.78 is 46.2. The van der Waals surface area contributed by atoms with Gasteiger partial charge in [0.2, 0.25) is 5.91 Å². The second kappa shape index (κ2) is 8.85. The number of allylic oxidation sites excluding steroid dienone is 1. The molecular weight excluding hydrogens is 453 g/mol. The van der Waals surface area contributed by atoms with Crippen molar-refractivity contribution in [1.82, 2.24) is 5.32 Å². The molecule has 34 heavy (non-hydrogen) atoms. The standard InChI is InChI=1S/C24H21F3N2O5/c1-34-18-5-3-10(13-7-11(22(28)30)2-4-17(13)25)6-16(18)23(31)29-20-12-8-14(19(20)24(32)33)15(9-12)21(26)27/h2-7,12,14,19-20H,8-9H2,1H3,(H2,28,30)(H,29,31)(H,32,33)/t12-,14+,19+,20-/m1/s1. The number of nitrogens with one attached hydrogen (secondary N) is 1. The maximum absolute atomic E-state index is 14.5. The van der Waals surface area contributed by atoms with E-state index in [-0.39, 0.29) is 46.4 Å².